The standard InChI is InChI=1S/C14H19N3O7/c1-7(18)22-6-11-10(23-8(2)19)4-12(24-11)17-9(5-15)13(21-3)16-14(17)20/h5,10-12,15H,4,6H2,1-3H3,(H,16,20)/t10-,11+,12+/m0/s1. The Morgan fingerprint density at radius 1 is 1.42 bits per heavy atom. The Morgan fingerprint density at radius 2 is 2.12 bits per heavy atom. The third-order valence-corrected chi connectivity index (χ3v) is 3.51. The second-order valence-corrected chi connectivity index (χ2v) is 5.18. The molecular formula is C14H19N3O7. The summed E-state index contributed by atoms with van der Waals surface area (Å²) in [5.41, 5.74) is -0.327. The molecule has 1 aliphatic rings. The Bertz CT molecular complexity index is 693. The van der Waals surface area contributed by atoms with Gasteiger partial charge < -0.3 is 24.4 Å². The number of rotatable bonds is 6. The molecule has 0 bridgehead atoms. The summed E-state index contributed by atoms with van der Waals surface area (Å²) in [7, 11) is 1.36. The number of imidazole rings is 1. The van der Waals surface area contributed by atoms with Crippen molar-refractivity contribution in [2.45, 2.75) is 38.7 Å². The van der Waals surface area contributed by atoms with Gasteiger partial charge in [-0.05, 0) is 0 Å². The van der Waals surface area contributed by atoms with Gasteiger partial charge in [0.1, 0.15) is 30.7 Å². The predicted molar refractivity (Wildman–Crippen MR) is 80.2 cm³/mol. The van der Waals surface area contributed by atoms with Gasteiger partial charge in [-0.25, -0.2) is 4.79 Å². The van der Waals surface area contributed by atoms with E-state index in [9.17, 15) is 14.4 Å². The smallest absolute Gasteiger partial charge is 0.331 e. The highest BCUT2D eigenvalue weighted by atomic mass is 16.6. The molecule has 2 heterocycles. The molecular weight excluding hydrogens is 322 g/mol. The Labute approximate surface area is 137 Å². The van der Waals surface area contributed by atoms with E-state index in [2.05, 4.69) is 4.98 Å². The van der Waals surface area contributed by atoms with Crippen molar-refractivity contribution >= 4 is 18.2 Å². The summed E-state index contributed by atoms with van der Waals surface area (Å²) >= 11 is 0. The molecule has 0 saturated carbocycles. The Morgan fingerprint density at radius 3 is 2.67 bits per heavy atom. The van der Waals surface area contributed by atoms with Crippen molar-refractivity contribution in [1.82, 2.24) is 9.55 Å². The van der Waals surface area contributed by atoms with Crippen molar-refractivity contribution in [3.8, 4) is 5.88 Å². The molecule has 132 valence electrons. The maximum absolute atomic E-state index is 12.1. The Balaban J connectivity index is 2.27. The van der Waals surface area contributed by atoms with Crippen LogP contribution >= 0.6 is 0 Å². The molecule has 0 aromatic carbocycles. The average molecular weight is 341 g/mol. The fraction of sp³-hybridized carbons (Fsp3) is 0.571. The predicted octanol–water partition coefficient (Wildman–Crippen LogP) is -0.0350. The van der Waals surface area contributed by atoms with Gasteiger partial charge in [-0.15, -0.1) is 0 Å². The van der Waals surface area contributed by atoms with Crippen molar-refractivity contribution in [2.24, 2.45) is 0 Å². The quantitative estimate of drug-likeness (QED) is 0.548. The molecule has 0 spiro atoms. The molecule has 0 aliphatic carbocycles. The van der Waals surface area contributed by atoms with Gasteiger partial charge in [0.15, 0.2) is 0 Å². The van der Waals surface area contributed by atoms with Gasteiger partial charge in [-0.3, -0.25) is 19.1 Å². The van der Waals surface area contributed by atoms with Crippen LogP contribution in [0, 0.1) is 5.41 Å². The molecule has 2 N–H and O–H groups in total. The zero-order chi connectivity index (χ0) is 17.9. The monoisotopic (exact) mass is 341 g/mol. The van der Waals surface area contributed by atoms with E-state index in [0.717, 1.165) is 6.21 Å². The van der Waals surface area contributed by atoms with Gasteiger partial charge in [-0.1, -0.05) is 0 Å². The molecule has 1 aliphatic heterocycles. The third kappa shape index (κ3) is 3.65. The summed E-state index contributed by atoms with van der Waals surface area (Å²) in [6, 6.07) is 0. The maximum atomic E-state index is 12.1. The summed E-state index contributed by atoms with van der Waals surface area (Å²) in [5.74, 6) is -0.876. The van der Waals surface area contributed by atoms with E-state index in [0.29, 0.717) is 0 Å². The summed E-state index contributed by atoms with van der Waals surface area (Å²) in [4.78, 5) is 36.8. The fourth-order valence-corrected chi connectivity index (χ4v) is 2.56. The number of nitrogens with zero attached hydrogens (tertiary/aromatic N) is 1. The molecule has 1 fully saturated rings. The number of aromatic nitrogens is 2. The zero-order valence-electron chi connectivity index (χ0n) is 13.5. The Kier molecular flexibility index (Phi) is 5.39. The topological polar surface area (TPSA) is 133 Å². The van der Waals surface area contributed by atoms with Crippen LogP contribution in [0.4, 0.5) is 0 Å². The van der Waals surface area contributed by atoms with E-state index in [-0.39, 0.29) is 24.6 Å². The van der Waals surface area contributed by atoms with Crippen molar-refractivity contribution in [3.63, 3.8) is 0 Å². The number of hydrogen-bond donors (Lipinski definition) is 2. The molecule has 10 heteroatoms. The van der Waals surface area contributed by atoms with Gasteiger partial charge in [0, 0.05) is 26.5 Å². The molecule has 3 atom stereocenters. The SMILES string of the molecule is COc1[nH]c(=O)n([C@H]2C[C@H](OC(C)=O)[C@@H](COC(C)=O)O2)c1C=N. The van der Waals surface area contributed by atoms with E-state index < -0.39 is 36.1 Å². The first-order valence-corrected chi connectivity index (χ1v) is 7.22. The minimum Gasteiger partial charge on any atom is -0.481 e. The number of nitrogens with one attached hydrogen (secondary N) is 2. The molecule has 1 aromatic heterocycles. The van der Waals surface area contributed by atoms with Crippen LogP contribution in [0.15, 0.2) is 4.79 Å². The van der Waals surface area contributed by atoms with E-state index in [4.69, 9.17) is 24.4 Å². The first kappa shape index (κ1) is 17.7. The normalized spacial score (nSPS) is 22.9. The van der Waals surface area contributed by atoms with E-state index >= 15 is 0 Å². The minimum absolute atomic E-state index is 0.111. The lowest BCUT2D eigenvalue weighted by molar-refractivity contribution is -0.155. The van der Waals surface area contributed by atoms with Crippen LogP contribution in [0.2, 0.25) is 0 Å². The fourth-order valence-electron chi connectivity index (χ4n) is 2.56. The van der Waals surface area contributed by atoms with Crippen LogP contribution < -0.4 is 10.4 Å². The number of carbonyl (C=O) groups excluding carboxylic acids is 2. The van der Waals surface area contributed by atoms with Gasteiger partial charge >= 0.3 is 17.6 Å². The summed E-state index contributed by atoms with van der Waals surface area (Å²) in [6.45, 7) is 2.40. The maximum Gasteiger partial charge on any atom is 0.331 e. The number of carbonyl (C=O) groups is 2. The number of hydrogen-bond acceptors (Lipinski definition) is 8. The third-order valence-electron chi connectivity index (χ3n) is 3.51. The van der Waals surface area contributed by atoms with Crippen molar-refractivity contribution < 1.29 is 28.5 Å². The highest BCUT2D eigenvalue weighted by Crippen LogP contribution is 2.32. The molecule has 0 amide bonds. The Hall–Kier alpha value is -2.62. The highest BCUT2D eigenvalue weighted by molar-refractivity contribution is 5.78. The van der Waals surface area contributed by atoms with E-state index in [1.165, 1.54) is 25.5 Å². The van der Waals surface area contributed by atoms with Crippen molar-refractivity contribution in [2.75, 3.05) is 13.7 Å². The van der Waals surface area contributed by atoms with Gasteiger partial charge in [0.05, 0.1) is 7.11 Å². The molecule has 10 nitrogen and oxygen atoms in total. The van der Waals surface area contributed by atoms with Gasteiger partial charge in [0.2, 0.25) is 5.88 Å². The highest BCUT2D eigenvalue weighted by Gasteiger charge is 2.40. The summed E-state index contributed by atoms with van der Waals surface area (Å²) in [5, 5.41) is 7.46. The number of ether oxygens (including phenoxy) is 4. The number of esters is 2. The zero-order valence-corrected chi connectivity index (χ0v) is 13.5. The first-order valence-electron chi connectivity index (χ1n) is 7.22. The van der Waals surface area contributed by atoms with Crippen LogP contribution in [0.25, 0.3) is 0 Å². The van der Waals surface area contributed by atoms with Gasteiger partial charge in [-0.2, -0.15) is 0 Å². The van der Waals surface area contributed by atoms with Crippen LogP contribution in [-0.2, 0) is 23.8 Å². The summed E-state index contributed by atoms with van der Waals surface area (Å²) in [6.07, 6.45) is -1.06. The lowest BCUT2D eigenvalue weighted by Gasteiger charge is -2.17. The summed E-state index contributed by atoms with van der Waals surface area (Å²) < 4.78 is 22.0. The van der Waals surface area contributed by atoms with E-state index in [1.54, 1.807) is 0 Å². The van der Waals surface area contributed by atoms with Crippen molar-refractivity contribution in [3.05, 3.63) is 16.2 Å². The lowest BCUT2D eigenvalue weighted by Crippen LogP contribution is -2.31. The second kappa shape index (κ2) is 7.30. The molecule has 2 rings (SSSR count). The molecule has 0 radical (unpaired) electrons. The largest absolute Gasteiger partial charge is 0.481 e. The number of aromatic amines is 1. The van der Waals surface area contributed by atoms with Crippen LogP contribution in [-0.4, -0.2) is 53.6 Å². The van der Waals surface area contributed by atoms with Crippen LogP contribution in [0.5, 0.6) is 5.88 Å². The second-order valence-electron chi connectivity index (χ2n) is 5.18. The molecule has 1 aromatic rings. The number of methoxy groups -OCH3 is 1. The lowest BCUT2D eigenvalue weighted by atomic mass is 10.2. The van der Waals surface area contributed by atoms with Gasteiger partial charge in [0.25, 0.3) is 0 Å². The minimum atomic E-state index is -0.792. The van der Waals surface area contributed by atoms with Crippen molar-refractivity contribution in [1.29, 1.82) is 5.41 Å². The van der Waals surface area contributed by atoms with Crippen LogP contribution in [0.1, 0.15) is 32.2 Å². The molecule has 1 saturated heterocycles. The van der Waals surface area contributed by atoms with E-state index in [1.807, 2.05) is 0 Å². The number of H-pyrrole nitrogens is 1. The van der Waals surface area contributed by atoms with Crippen LogP contribution in [0.3, 0.4) is 0 Å². The molecule has 24 heavy (non-hydrogen) atoms. The first-order chi connectivity index (χ1) is 11.4. The molecule has 0 unspecified atom stereocenters. The average Bonchev–Trinajstić information content (AvgIpc) is 3.04.